The molecule has 1 aromatic carbocycles. The molecule has 3 N–H and O–H groups in total. The quantitative estimate of drug-likeness (QED) is 0.765. The maximum Gasteiger partial charge on any atom is 0.258 e. The summed E-state index contributed by atoms with van der Waals surface area (Å²) >= 11 is 0. The number of nitrogens with two attached hydrogens (primary N) is 1. The van der Waals surface area contributed by atoms with E-state index in [1.165, 1.54) is 6.20 Å². The number of nitrogen functional groups attached to an aromatic ring is 1. The van der Waals surface area contributed by atoms with E-state index < -0.39 is 0 Å². The van der Waals surface area contributed by atoms with Gasteiger partial charge in [-0.3, -0.25) is 4.79 Å². The van der Waals surface area contributed by atoms with Crippen molar-refractivity contribution in [3.05, 3.63) is 47.7 Å². The lowest BCUT2D eigenvalue weighted by molar-refractivity contribution is 0.102. The van der Waals surface area contributed by atoms with Crippen LogP contribution in [-0.2, 0) is 0 Å². The molecule has 0 aliphatic heterocycles. The second-order valence-corrected chi connectivity index (χ2v) is 3.65. The predicted octanol–water partition coefficient (Wildman–Crippen LogP) is 1.62. The lowest BCUT2D eigenvalue weighted by Crippen LogP contribution is -2.15. The zero-order valence-electron chi connectivity index (χ0n) is 9.34. The highest BCUT2D eigenvalue weighted by Crippen LogP contribution is 2.15. The van der Waals surface area contributed by atoms with Crippen molar-refractivity contribution in [1.29, 1.82) is 0 Å². The number of amides is 1. The molecule has 0 saturated carbocycles. The van der Waals surface area contributed by atoms with E-state index in [-0.39, 0.29) is 5.91 Å². The van der Waals surface area contributed by atoms with E-state index in [9.17, 15) is 4.79 Å². The van der Waals surface area contributed by atoms with Crippen LogP contribution in [0.4, 0.5) is 11.5 Å². The van der Waals surface area contributed by atoms with E-state index in [2.05, 4.69) is 15.5 Å². The normalized spacial score (nSPS) is 9.94. The molecule has 1 amide bonds. The highest BCUT2D eigenvalue weighted by molar-refractivity contribution is 6.07. The maximum atomic E-state index is 11.9. The molecule has 0 fully saturated rings. The van der Waals surface area contributed by atoms with Crippen molar-refractivity contribution in [3.63, 3.8) is 0 Å². The van der Waals surface area contributed by atoms with Crippen molar-refractivity contribution < 1.29 is 4.79 Å². The van der Waals surface area contributed by atoms with Crippen molar-refractivity contribution >= 4 is 17.4 Å². The van der Waals surface area contributed by atoms with Crippen LogP contribution in [-0.4, -0.2) is 16.1 Å². The SMILES string of the molecule is Cc1ccc(N)c(C(=O)Nc2cccnn2)c1. The Morgan fingerprint density at radius 1 is 1.35 bits per heavy atom. The Kier molecular flexibility index (Phi) is 3.00. The lowest BCUT2D eigenvalue weighted by Gasteiger charge is -2.07. The Morgan fingerprint density at radius 3 is 2.88 bits per heavy atom. The van der Waals surface area contributed by atoms with Crippen molar-refractivity contribution in [1.82, 2.24) is 10.2 Å². The Labute approximate surface area is 98.7 Å². The summed E-state index contributed by atoms with van der Waals surface area (Å²) < 4.78 is 0. The minimum Gasteiger partial charge on any atom is -0.398 e. The molecule has 2 aromatic rings. The fraction of sp³-hybridized carbons (Fsp3) is 0.0833. The third-order valence-electron chi connectivity index (χ3n) is 2.27. The molecular formula is C12H12N4O. The topological polar surface area (TPSA) is 80.9 Å². The van der Waals surface area contributed by atoms with E-state index in [4.69, 9.17) is 5.73 Å². The van der Waals surface area contributed by atoms with Crippen LogP contribution < -0.4 is 11.1 Å². The molecule has 5 heteroatoms. The van der Waals surface area contributed by atoms with Crippen LogP contribution in [0, 0.1) is 6.92 Å². The summed E-state index contributed by atoms with van der Waals surface area (Å²) in [4.78, 5) is 11.9. The summed E-state index contributed by atoms with van der Waals surface area (Å²) in [6.45, 7) is 1.90. The molecule has 2 rings (SSSR count). The molecule has 0 spiro atoms. The van der Waals surface area contributed by atoms with E-state index >= 15 is 0 Å². The molecule has 0 saturated heterocycles. The molecule has 0 bridgehead atoms. The number of nitrogens with zero attached hydrogens (tertiary/aromatic N) is 2. The summed E-state index contributed by atoms with van der Waals surface area (Å²) in [6, 6.07) is 8.66. The first-order valence-corrected chi connectivity index (χ1v) is 5.12. The van der Waals surface area contributed by atoms with Crippen LogP contribution in [0.15, 0.2) is 36.5 Å². The standard InChI is InChI=1S/C12H12N4O/c1-8-4-5-10(13)9(7-8)12(17)15-11-3-2-6-14-16-11/h2-7H,13H2,1H3,(H,15,16,17). The van der Waals surface area contributed by atoms with Crippen molar-refractivity contribution in [2.24, 2.45) is 0 Å². The van der Waals surface area contributed by atoms with E-state index in [1.807, 2.05) is 13.0 Å². The van der Waals surface area contributed by atoms with Crippen LogP contribution in [0.5, 0.6) is 0 Å². The van der Waals surface area contributed by atoms with Gasteiger partial charge in [0.25, 0.3) is 5.91 Å². The summed E-state index contributed by atoms with van der Waals surface area (Å²) in [5.41, 5.74) is 7.60. The number of nitrogens with one attached hydrogen (secondary N) is 1. The van der Waals surface area contributed by atoms with Gasteiger partial charge in [0.05, 0.1) is 5.56 Å². The number of hydrogen-bond acceptors (Lipinski definition) is 4. The van der Waals surface area contributed by atoms with Crippen LogP contribution in [0.25, 0.3) is 0 Å². The summed E-state index contributed by atoms with van der Waals surface area (Å²) in [7, 11) is 0. The first-order valence-electron chi connectivity index (χ1n) is 5.12. The third-order valence-corrected chi connectivity index (χ3v) is 2.27. The smallest absolute Gasteiger partial charge is 0.258 e. The molecule has 0 aliphatic rings. The number of benzene rings is 1. The van der Waals surface area contributed by atoms with Gasteiger partial charge in [0.15, 0.2) is 5.82 Å². The second kappa shape index (κ2) is 4.61. The average Bonchev–Trinajstić information content (AvgIpc) is 2.33. The predicted molar refractivity (Wildman–Crippen MR) is 65.6 cm³/mol. The number of hydrogen-bond donors (Lipinski definition) is 2. The minimum absolute atomic E-state index is 0.285. The largest absolute Gasteiger partial charge is 0.398 e. The lowest BCUT2D eigenvalue weighted by atomic mass is 10.1. The molecule has 1 heterocycles. The van der Waals surface area contributed by atoms with Gasteiger partial charge in [0, 0.05) is 11.9 Å². The van der Waals surface area contributed by atoms with E-state index in [0.717, 1.165) is 5.56 Å². The molecule has 0 atom stereocenters. The first kappa shape index (κ1) is 11.1. The van der Waals surface area contributed by atoms with E-state index in [1.54, 1.807) is 24.3 Å². The summed E-state index contributed by atoms with van der Waals surface area (Å²) in [5.74, 6) is 0.116. The molecule has 1 aromatic heterocycles. The number of aryl methyl sites for hydroxylation is 1. The van der Waals surface area contributed by atoms with E-state index in [0.29, 0.717) is 17.1 Å². The van der Waals surface area contributed by atoms with Gasteiger partial charge >= 0.3 is 0 Å². The van der Waals surface area contributed by atoms with Gasteiger partial charge in [-0.2, -0.15) is 5.10 Å². The van der Waals surface area contributed by atoms with Gasteiger partial charge < -0.3 is 11.1 Å². The fourth-order valence-electron chi connectivity index (χ4n) is 1.42. The number of aromatic nitrogens is 2. The van der Waals surface area contributed by atoms with Crippen LogP contribution in [0.3, 0.4) is 0 Å². The van der Waals surface area contributed by atoms with Crippen molar-refractivity contribution in [2.45, 2.75) is 6.92 Å². The zero-order valence-corrected chi connectivity index (χ0v) is 9.34. The molecule has 0 radical (unpaired) electrons. The third kappa shape index (κ3) is 2.57. The Bertz CT molecular complexity index is 539. The summed E-state index contributed by atoms with van der Waals surface area (Å²) in [6.07, 6.45) is 1.54. The van der Waals surface area contributed by atoms with Gasteiger partial charge in [-0.1, -0.05) is 11.6 Å². The highest BCUT2D eigenvalue weighted by atomic mass is 16.1. The van der Waals surface area contributed by atoms with Gasteiger partial charge in [-0.25, -0.2) is 0 Å². The molecule has 17 heavy (non-hydrogen) atoms. The Morgan fingerprint density at radius 2 is 2.18 bits per heavy atom. The monoisotopic (exact) mass is 228 g/mol. The molecule has 0 aliphatic carbocycles. The van der Waals surface area contributed by atoms with Gasteiger partial charge in [-0.05, 0) is 31.2 Å². The Hall–Kier alpha value is -2.43. The maximum absolute atomic E-state index is 11.9. The molecule has 5 nitrogen and oxygen atoms in total. The van der Waals surface area contributed by atoms with Gasteiger partial charge in [0.1, 0.15) is 0 Å². The van der Waals surface area contributed by atoms with Crippen LogP contribution in [0.2, 0.25) is 0 Å². The Balaban J connectivity index is 2.23. The zero-order chi connectivity index (χ0) is 12.3. The average molecular weight is 228 g/mol. The molecule has 0 unspecified atom stereocenters. The number of anilines is 2. The number of carbonyl (C=O) groups is 1. The highest BCUT2D eigenvalue weighted by Gasteiger charge is 2.10. The molecule has 86 valence electrons. The second-order valence-electron chi connectivity index (χ2n) is 3.65. The molecular weight excluding hydrogens is 216 g/mol. The van der Waals surface area contributed by atoms with Crippen LogP contribution in [0.1, 0.15) is 15.9 Å². The summed E-state index contributed by atoms with van der Waals surface area (Å²) in [5, 5.41) is 10.1. The van der Waals surface area contributed by atoms with Gasteiger partial charge in [-0.15, -0.1) is 5.10 Å². The van der Waals surface area contributed by atoms with Gasteiger partial charge in [0.2, 0.25) is 0 Å². The number of rotatable bonds is 2. The number of carbonyl (C=O) groups excluding carboxylic acids is 1. The van der Waals surface area contributed by atoms with Crippen LogP contribution >= 0.6 is 0 Å². The van der Waals surface area contributed by atoms with Crippen molar-refractivity contribution in [2.75, 3.05) is 11.1 Å². The fourth-order valence-corrected chi connectivity index (χ4v) is 1.42. The first-order chi connectivity index (χ1) is 8.16. The minimum atomic E-state index is -0.285. The van der Waals surface area contributed by atoms with Crippen molar-refractivity contribution in [3.8, 4) is 0 Å².